The van der Waals surface area contributed by atoms with Crippen LogP contribution in [0.15, 0.2) is 48.1 Å². The highest BCUT2D eigenvalue weighted by atomic mass is 16.6. The number of oxime groups is 1. The molecule has 2 heteroatoms. The van der Waals surface area contributed by atoms with Gasteiger partial charge in [0, 0.05) is 6.42 Å². The molecule has 0 saturated carbocycles. The number of rotatable bonds is 4. The van der Waals surface area contributed by atoms with E-state index in [1.807, 2.05) is 13.8 Å². The normalized spacial score (nSPS) is 15.6. The lowest BCUT2D eigenvalue weighted by molar-refractivity contribution is 0.0776. The molecule has 0 N–H and O–H groups in total. The summed E-state index contributed by atoms with van der Waals surface area (Å²) in [4.78, 5) is 5.29. The number of hydrogen-bond donors (Lipinski definition) is 0. The van der Waals surface area contributed by atoms with Crippen molar-refractivity contribution in [1.82, 2.24) is 0 Å². The summed E-state index contributed by atoms with van der Waals surface area (Å²) in [6.45, 7) is 7.27. The Morgan fingerprint density at radius 3 is 2.45 bits per heavy atom. The van der Waals surface area contributed by atoms with Crippen molar-refractivity contribution in [3.63, 3.8) is 0 Å². The quantitative estimate of drug-likeness (QED) is 0.578. The van der Waals surface area contributed by atoms with Crippen LogP contribution < -0.4 is 0 Å². The van der Waals surface area contributed by atoms with E-state index in [0.717, 1.165) is 25.0 Å². The van der Waals surface area contributed by atoms with Gasteiger partial charge in [-0.05, 0) is 38.7 Å². The Balaban J connectivity index is 0.000000641. The number of nitrogens with zero attached hydrogens (tertiary/aromatic N) is 1. The topological polar surface area (TPSA) is 21.6 Å². The average Bonchev–Trinajstić information content (AvgIpc) is 2.89. The molecule has 0 aromatic heterocycles. The average molecular weight is 271 g/mol. The zero-order valence-corrected chi connectivity index (χ0v) is 12.6. The third-order valence-electron chi connectivity index (χ3n) is 2.72. The Labute approximate surface area is 123 Å². The van der Waals surface area contributed by atoms with Crippen molar-refractivity contribution in [2.24, 2.45) is 5.16 Å². The third kappa shape index (κ3) is 8.16. The summed E-state index contributed by atoms with van der Waals surface area (Å²) >= 11 is 0. The van der Waals surface area contributed by atoms with E-state index in [2.05, 4.69) is 54.9 Å². The Bertz CT molecular complexity index is 406. The minimum absolute atomic E-state index is 0.328. The van der Waals surface area contributed by atoms with Gasteiger partial charge in [0.05, 0.1) is 5.71 Å². The first-order valence-electron chi connectivity index (χ1n) is 6.90. The fourth-order valence-electron chi connectivity index (χ4n) is 1.90. The van der Waals surface area contributed by atoms with E-state index < -0.39 is 0 Å². The highest BCUT2D eigenvalue weighted by Gasteiger charge is 2.16. The summed E-state index contributed by atoms with van der Waals surface area (Å²) in [6.07, 6.45) is 14.5. The summed E-state index contributed by atoms with van der Waals surface area (Å²) in [5, 5.41) is 3.96. The van der Waals surface area contributed by atoms with Gasteiger partial charge >= 0.3 is 0 Å². The monoisotopic (exact) mass is 271 g/mol. The maximum Gasteiger partial charge on any atom is 0.132 e. The van der Waals surface area contributed by atoms with E-state index in [4.69, 9.17) is 4.84 Å². The maximum atomic E-state index is 5.29. The molecule has 1 aromatic rings. The molecule has 0 spiro atoms. The van der Waals surface area contributed by atoms with E-state index in [1.165, 1.54) is 12.0 Å². The molecule has 0 fully saturated rings. The fourth-order valence-corrected chi connectivity index (χ4v) is 1.90. The highest BCUT2D eigenvalue weighted by Crippen LogP contribution is 2.16. The minimum Gasteiger partial charge on any atom is -0.392 e. The fraction of sp³-hybridized carbons (Fsp3) is 0.389. The molecular formula is C18H25NO. The SMILES string of the molecule is C#C.C=CC.CC1=NO[C@H](CCCc2ccccc2)C1. The van der Waals surface area contributed by atoms with Gasteiger partial charge < -0.3 is 4.84 Å². The van der Waals surface area contributed by atoms with Crippen LogP contribution in [0.5, 0.6) is 0 Å². The van der Waals surface area contributed by atoms with E-state index in [0.29, 0.717) is 6.10 Å². The second kappa shape index (κ2) is 12.0. The molecular weight excluding hydrogens is 246 g/mol. The van der Waals surface area contributed by atoms with Gasteiger partial charge in [-0.15, -0.1) is 19.4 Å². The van der Waals surface area contributed by atoms with Crippen LogP contribution in [-0.2, 0) is 11.3 Å². The summed E-state index contributed by atoms with van der Waals surface area (Å²) in [5.41, 5.74) is 2.54. The van der Waals surface area contributed by atoms with Gasteiger partial charge in [-0.2, -0.15) is 0 Å². The van der Waals surface area contributed by atoms with Crippen molar-refractivity contribution in [2.45, 2.75) is 45.6 Å². The Morgan fingerprint density at radius 1 is 1.35 bits per heavy atom. The lowest BCUT2D eigenvalue weighted by Gasteiger charge is -2.07. The Kier molecular flexibility index (Phi) is 10.8. The van der Waals surface area contributed by atoms with E-state index in [9.17, 15) is 0 Å². The van der Waals surface area contributed by atoms with Crippen molar-refractivity contribution in [3.8, 4) is 12.8 Å². The standard InChI is InChI=1S/C13H17NO.C3H6.C2H2/c1-11-10-13(15-14-11)9-5-8-12-6-3-2-4-7-12;1-3-2;1-2/h2-4,6-7,13H,5,8-10H2,1H3;3H,1H2,2H3;1-2H/t13-;;/m1../s1. The first kappa shape index (κ1) is 18.0. The Hall–Kier alpha value is -2.01. The van der Waals surface area contributed by atoms with Crippen LogP contribution in [0.25, 0.3) is 0 Å². The van der Waals surface area contributed by atoms with Crippen molar-refractivity contribution < 1.29 is 4.84 Å². The molecule has 0 radical (unpaired) electrons. The highest BCUT2D eigenvalue weighted by molar-refractivity contribution is 5.82. The van der Waals surface area contributed by atoms with Crippen LogP contribution in [0.1, 0.15) is 38.7 Å². The van der Waals surface area contributed by atoms with Crippen LogP contribution >= 0.6 is 0 Å². The molecule has 0 unspecified atom stereocenters. The van der Waals surface area contributed by atoms with Crippen LogP contribution in [0.4, 0.5) is 0 Å². The number of allylic oxidation sites excluding steroid dienone is 1. The molecule has 0 amide bonds. The molecule has 2 rings (SSSR count). The van der Waals surface area contributed by atoms with Gasteiger partial charge in [-0.1, -0.05) is 41.6 Å². The first-order valence-corrected chi connectivity index (χ1v) is 6.90. The smallest absolute Gasteiger partial charge is 0.132 e. The molecule has 1 aliphatic heterocycles. The van der Waals surface area contributed by atoms with Gasteiger partial charge in [-0.3, -0.25) is 0 Å². The molecule has 20 heavy (non-hydrogen) atoms. The molecule has 0 aliphatic carbocycles. The van der Waals surface area contributed by atoms with Gasteiger partial charge in [0.1, 0.15) is 6.10 Å². The largest absolute Gasteiger partial charge is 0.392 e. The molecule has 108 valence electrons. The maximum absolute atomic E-state index is 5.29. The molecule has 1 aromatic carbocycles. The second-order valence-corrected chi connectivity index (χ2v) is 4.54. The van der Waals surface area contributed by atoms with E-state index >= 15 is 0 Å². The first-order chi connectivity index (χ1) is 9.76. The Morgan fingerprint density at radius 2 is 1.95 bits per heavy atom. The predicted octanol–water partition coefficient (Wildman–Crippen LogP) is 4.62. The van der Waals surface area contributed by atoms with E-state index in [1.54, 1.807) is 6.08 Å². The number of hydrogen-bond acceptors (Lipinski definition) is 2. The predicted molar refractivity (Wildman–Crippen MR) is 87.7 cm³/mol. The summed E-state index contributed by atoms with van der Waals surface area (Å²) < 4.78 is 0. The molecule has 0 saturated heterocycles. The second-order valence-electron chi connectivity index (χ2n) is 4.54. The molecule has 1 aliphatic rings. The van der Waals surface area contributed by atoms with Crippen molar-refractivity contribution >= 4 is 5.71 Å². The summed E-state index contributed by atoms with van der Waals surface area (Å²) in [7, 11) is 0. The molecule has 1 heterocycles. The zero-order chi connectivity index (χ0) is 15.2. The molecule has 1 atom stereocenters. The van der Waals surface area contributed by atoms with Gasteiger partial charge in [0.2, 0.25) is 0 Å². The van der Waals surface area contributed by atoms with Crippen LogP contribution in [0, 0.1) is 12.8 Å². The van der Waals surface area contributed by atoms with Crippen molar-refractivity contribution in [3.05, 3.63) is 48.6 Å². The van der Waals surface area contributed by atoms with Crippen molar-refractivity contribution in [2.75, 3.05) is 0 Å². The molecule has 2 nitrogen and oxygen atoms in total. The number of aryl methyl sites for hydroxylation is 1. The number of benzene rings is 1. The molecule has 0 bridgehead atoms. The van der Waals surface area contributed by atoms with Gasteiger partial charge in [0.25, 0.3) is 0 Å². The van der Waals surface area contributed by atoms with Crippen LogP contribution in [-0.4, -0.2) is 11.8 Å². The van der Waals surface area contributed by atoms with Gasteiger partial charge in [0.15, 0.2) is 0 Å². The summed E-state index contributed by atoms with van der Waals surface area (Å²) in [5.74, 6) is 0. The summed E-state index contributed by atoms with van der Waals surface area (Å²) in [6, 6.07) is 10.6. The number of terminal acetylenes is 1. The third-order valence-corrected chi connectivity index (χ3v) is 2.72. The zero-order valence-electron chi connectivity index (χ0n) is 12.6. The lowest BCUT2D eigenvalue weighted by Crippen LogP contribution is -2.06. The van der Waals surface area contributed by atoms with Gasteiger partial charge in [-0.25, -0.2) is 0 Å². The van der Waals surface area contributed by atoms with Crippen molar-refractivity contribution in [1.29, 1.82) is 0 Å². The van der Waals surface area contributed by atoms with Crippen LogP contribution in [0.3, 0.4) is 0 Å². The van der Waals surface area contributed by atoms with Crippen LogP contribution in [0.2, 0.25) is 0 Å². The minimum atomic E-state index is 0.328. The lowest BCUT2D eigenvalue weighted by atomic mass is 10.0. The van der Waals surface area contributed by atoms with E-state index in [-0.39, 0.29) is 0 Å².